The van der Waals surface area contributed by atoms with Crippen LogP contribution in [0.1, 0.15) is 23.6 Å². The predicted octanol–water partition coefficient (Wildman–Crippen LogP) is 1.84. The molecule has 0 spiro atoms. The van der Waals surface area contributed by atoms with Gasteiger partial charge in [0.25, 0.3) is 0 Å². The summed E-state index contributed by atoms with van der Waals surface area (Å²) < 4.78 is 9.92. The summed E-state index contributed by atoms with van der Waals surface area (Å²) in [6.07, 6.45) is 0.856. The topological polar surface area (TPSA) is 59.3 Å². The Morgan fingerprint density at radius 3 is 2.47 bits per heavy atom. The molecule has 0 heterocycles. The van der Waals surface area contributed by atoms with Gasteiger partial charge in [0.05, 0.1) is 32.3 Å². The van der Waals surface area contributed by atoms with E-state index < -0.39 is 0 Å². The Hall–Kier alpha value is -2.02. The number of rotatable bonds is 4. The van der Waals surface area contributed by atoms with Crippen LogP contribution in [0, 0.1) is 11.3 Å². The molecule has 17 heavy (non-hydrogen) atoms. The van der Waals surface area contributed by atoms with Crippen LogP contribution in [0.15, 0.2) is 12.1 Å². The van der Waals surface area contributed by atoms with Crippen LogP contribution >= 0.6 is 0 Å². The van der Waals surface area contributed by atoms with Crippen LogP contribution in [0.3, 0.4) is 0 Å². The van der Waals surface area contributed by atoms with Crippen LogP contribution < -0.4 is 4.74 Å². The maximum atomic E-state index is 11.3. The summed E-state index contributed by atoms with van der Waals surface area (Å²) in [6.45, 7) is 1.97. The molecule has 0 saturated heterocycles. The minimum atomic E-state index is -0.347. The molecule has 0 radical (unpaired) electrons. The van der Waals surface area contributed by atoms with Crippen molar-refractivity contribution in [3.63, 3.8) is 0 Å². The fourth-order valence-electron chi connectivity index (χ4n) is 1.70. The quantitative estimate of drug-likeness (QED) is 0.744. The Bertz CT molecular complexity index is 460. The van der Waals surface area contributed by atoms with Crippen molar-refractivity contribution < 1.29 is 14.3 Å². The maximum absolute atomic E-state index is 11.3. The van der Waals surface area contributed by atoms with Crippen LogP contribution in [0.5, 0.6) is 5.75 Å². The van der Waals surface area contributed by atoms with Crippen molar-refractivity contribution in [1.29, 1.82) is 5.26 Å². The van der Waals surface area contributed by atoms with Crippen molar-refractivity contribution in [2.75, 3.05) is 14.2 Å². The number of hydrogen-bond acceptors (Lipinski definition) is 4. The largest absolute Gasteiger partial charge is 0.496 e. The smallest absolute Gasteiger partial charge is 0.310 e. The van der Waals surface area contributed by atoms with Gasteiger partial charge in [-0.15, -0.1) is 0 Å². The molecular weight excluding hydrogens is 218 g/mol. The molecule has 0 bridgehead atoms. The zero-order valence-corrected chi connectivity index (χ0v) is 10.2. The fraction of sp³-hybridized carbons (Fsp3) is 0.385. The maximum Gasteiger partial charge on any atom is 0.310 e. The second-order valence-electron chi connectivity index (χ2n) is 3.55. The van der Waals surface area contributed by atoms with E-state index in [1.54, 1.807) is 19.2 Å². The second kappa shape index (κ2) is 5.90. The van der Waals surface area contributed by atoms with E-state index in [4.69, 9.17) is 10.00 Å². The number of methoxy groups -OCH3 is 2. The van der Waals surface area contributed by atoms with Gasteiger partial charge in [-0.25, -0.2) is 0 Å². The van der Waals surface area contributed by atoms with E-state index in [2.05, 4.69) is 10.8 Å². The van der Waals surface area contributed by atoms with Crippen LogP contribution in [0.4, 0.5) is 0 Å². The van der Waals surface area contributed by atoms with Crippen molar-refractivity contribution in [3.05, 3.63) is 28.8 Å². The van der Waals surface area contributed by atoms with Crippen LogP contribution in [-0.2, 0) is 22.4 Å². The third-order valence-corrected chi connectivity index (χ3v) is 2.52. The number of aryl methyl sites for hydroxylation is 1. The van der Waals surface area contributed by atoms with Crippen molar-refractivity contribution in [3.8, 4) is 11.8 Å². The standard InChI is InChI=1S/C13H15NO3/c1-4-10-5-9(8-14)6-11(13(10)17-3)7-12(15)16-2/h5-6H,4,7H2,1-3H3. The number of hydrogen-bond donors (Lipinski definition) is 0. The Balaban J connectivity index is 3.25. The Morgan fingerprint density at radius 2 is 2.00 bits per heavy atom. The molecule has 1 aromatic carbocycles. The highest BCUT2D eigenvalue weighted by Crippen LogP contribution is 2.27. The minimum absolute atomic E-state index is 0.113. The molecule has 0 amide bonds. The zero-order chi connectivity index (χ0) is 12.8. The van der Waals surface area contributed by atoms with Gasteiger partial charge in [-0.2, -0.15) is 5.26 Å². The molecule has 0 saturated carbocycles. The summed E-state index contributed by atoms with van der Waals surface area (Å²) in [7, 11) is 2.89. The van der Waals surface area contributed by atoms with E-state index in [1.807, 2.05) is 6.92 Å². The summed E-state index contributed by atoms with van der Waals surface area (Å²) in [5.41, 5.74) is 2.14. The second-order valence-corrected chi connectivity index (χ2v) is 3.55. The summed E-state index contributed by atoms with van der Waals surface area (Å²) in [4.78, 5) is 11.3. The van der Waals surface area contributed by atoms with Gasteiger partial charge < -0.3 is 9.47 Å². The first-order valence-electron chi connectivity index (χ1n) is 5.32. The highest BCUT2D eigenvalue weighted by molar-refractivity contribution is 5.74. The van der Waals surface area contributed by atoms with E-state index in [1.165, 1.54) is 7.11 Å². The number of carbonyl (C=O) groups is 1. The van der Waals surface area contributed by atoms with Crippen molar-refractivity contribution in [2.24, 2.45) is 0 Å². The molecule has 0 aliphatic heterocycles. The molecule has 0 unspecified atom stereocenters. The van der Waals surface area contributed by atoms with Crippen LogP contribution in [0.25, 0.3) is 0 Å². The van der Waals surface area contributed by atoms with Crippen LogP contribution in [-0.4, -0.2) is 20.2 Å². The molecule has 1 aromatic rings. The number of nitriles is 1. The molecule has 4 heteroatoms. The van der Waals surface area contributed by atoms with Crippen LogP contribution in [0.2, 0.25) is 0 Å². The van der Waals surface area contributed by atoms with Gasteiger partial charge in [0.15, 0.2) is 0 Å². The lowest BCUT2D eigenvalue weighted by molar-refractivity contribution is -0.139. The molecule has 0 fully saturated rings. The summed E-state index contributed by atoms with van der Waals surface area (Å²) >= 11 is 0. The van der Waals surface area contributed by atoms with E-state index >= 15 is 0 Å². The number of nitrogens with zero attached hydrogens (tertiary/aromatic N) is 1. The third kappa shape index (κ3) is 2.97. The predicted molar refractivity (Wildman–Crippen MR) is 62.8 cm³/mol. The lowest BCUT2D eigenvalue weighted by atomic mass is 10.0. The molecule has 4 nitrogen and oxygen atoms in total. The zero-order valence-electron chi connectivity index (χ0n) is 10.2. The lowest BCUT2D eigenvalue weighted by Crippen LogP contribution is -2.07. The van der Waals surface area contributed by atoms with E-state index in [9.17, 15) is 4.79 Å². The van der Waals surface area contributed by atoms with Gasteiger partial charge in [-0.05, 0) is 24.1 Å². The van der Waals surface area contributed by atoms with Crippen molar-refractivity contribution in [1.82, 2.24) is 0 Å². The van der Waals surface area contributed by atoms with Gasteiger partial charge in [-0.3, -0.25) is 4.79 Å². The van der Waals surface area contributed by atoms with E-state index in [0.717, 1.165) is 12.0 Å². The number of esters is 1. The highest BCUT2D eigenvalue weighted by Gasteiger charge is 2.14. The Labute approximate surface area is 101 Å². The summed E-state index contributed by atoms with van der Waals surface area (Å²) in [5, 5.41) is 8.93. The molecule has 0 aliphatic carbocycles. The van der Waals surface area contributed by atoms with Crippen molar-refractivity contribution in [2.45, 2.75) is 19.8 Å². The Kier molecular flexibility index (Phi) is 4.53. The lowest BCUT2D eigenvalue weighted by Gasteiger charge is -2.12. The molecule has 0 aliphatic rings. The fourth-order valence-corrected chi connectivity index (χ4v) is 1.70. The molecule has 1 rings (SSSR count). The first-order valence-corrected chi connectivity index (χ1v) is 5.32. The van der Waals surface area contributed by atoms with Gasteiger partial charge in [0, 0.05) is 5.56 Å². The number of ether oxygens (including phenoxy) is 2. The van der Waals surface area contributed by atoms with E-state index in [-0.39, 0.29) is 12.4 Å². The molecule has 0 aromatic heterocycles. The highest BCUT2D eigenvalue weighted by atomic mass is 16.5. The van der Waals surface area contributed by atoms with Gasteiger partial charge in [-0.1, -0.05) is 6.92 Å². The first kappa shape index (κ1) is 13.0. The average molecular weight is 233 g/mol. The monoisotopic (exact) mass is 233 g/mol. The Morgan fingerprint density at radius 1 is 1.35 bits per heavy atom. The normalized spacial score (nSPS) is 9.53. The van der Waals surface area contributed by atoms with Gasteiger partial charge in [0.1, 0.15) is 5.75 Å². The molecule has 90 valence electrons. The summed E-state index contributed by atoms with van der Waals surface area (Å²) in [5.74, 6) is 0.317. The number of carbonyl (C=O) groups excluding carboxylic acids is 1. The SMILES string of the molecule is CCc1cc(C#N)cc(CC(=O)OC)c1OC. The van der Waals surface area contributed by atoms with Gasteiger partial charge >= 0.3 is 5.97 Å². The van der Waals surface area contributed by atoms with E-state index in [0.29, 0.717) is 16.9 Å². The molecule has 0 N–H and O–H groups in total. The molecular formula is C13H15NO3. The summed E-state index contributed by atoms with van der Waals surface area (Å²) in [6, 6.07) is 5.52. The molecule has 0 atom stereocenters. The van der Waals surface area contributed by atoms with Gasteiger partial charge in [0.2, 0.25) is 0 Å². The van der Waals surface area contributed by atoms with Crippen molar-refractivity contribution >= 4 is 5.97 Å². The average Bonchev–Trinajstić information content (AvgIpc) is 2.37. The third-order valence-electron chi connectivity index (χ3n) is 2.52. The minimum Gasteiger partial charge on any atom is -0.496 e. The first-order chi connectivity index (χ1) is 8.15. The number of benzene rings is 1.